The third kappa shape index (κ3) is 1.36. The fraction of sp³-hybridized carbons (Fsp3) is 0.667. The van der Waals surface area contributed by atoms with Gasteiger partial charge in [0.25, 0.3) is 0 Å². The lowest BCUT2D eigenvalue weighted by Crippen LogP contribution is -2.02. The monoisotopic (exact) mass is 199 g/mol. The molecular weight excluding hydrogens is 186 g/mol. The molecule has 1 saturated carbocycles. The number of aromatic nitrogens is 2. The number of halogens is 1. The van der Waals surface area contributed by atoms with Crippen LogP contribution in [0.25, 0.3) is 0 Å². The van der Waals surface area contributed by atoms with Crippen LogP contribution in [0, 0.1) is 12.8 Å². The van der Waals surface area contributed by atoms with Crippen LogP contribution in [0.4, 0.5) is 0 Å². The number of hydrogen-bond acceptors (Lipinski definition) is 2. The van der Waals surface area contributed by atoms with Gasteiger partial charge in [0.05, 0.1) is 5.69 Å². The summed E-state index contributed by atoms with van der Waals surface area (Å²) in [6.45, 7) is 2.77. The third-order valence-corrected chi connectivity index (χ3v) is 3.24. The number of nitrogens with zero attached hydrogens (tertiary/aromatic N) is 2. The third-order valence-electron chi connectivity index (χ3n) is 2.79. The molecule has 1 aromatic rings. The Morgan fingerprint density at radius 1 is 1.69 bits per heavy atom. The van der Waals surface area contributed by atoms with Crippen molar-refractivity contribution in [2.75, 3.05) is 6.54 Å². The van der Waals surface area contributed by atoms with Gasteiger partial charge in [-0.25, -0.2) is 0 Å². The zero-order valence-electron chi connectivity index (χ0n) is 7.92. The quantitative estimate of drug-likeness (QED) is 0.784. The van der Waals surface area contributed by atoms with E-state index < -0.39 is 0 Å². The summed E-state index contributed by atoms with van der Waals surface area (Å²) < 4.78 is 1.73. The molecule has 4 heteroatoms. The minimum atomic E-state index is 0.561. The molecule has 1 aliphatic rings. The molecule has 72 valence electrons. The molecule has 0 saturated heterocycles. The van der Waals surface area contributed by atoms with Gasteiger partial charge in [-0.15, -0.1) is 0 Å². The molecule has 0 spiro atoms. The van der Waals surface area contributed by atoms with Crippen LogP contribution < -0.4 is 5.73 Å². The summed E-state index contributed by atoms with van der Waals surface area (Å²) in [6, 6.07) is 0. The van der Waals surface area contributed by atoms with E-state index in [0.29, 0.717) is 11.8 Å². The van der Waals surface area contributed by atoms with Crippen molar-refractivity contribution in [1.29, 1.82) is 0 Å². The number of hydrogen-bond donors (Lipinski definition) is 1. The number of rotatable bonds is 2. The van der Waals surface area contributed by atoms with Gasteiger partial charge in [0.1, 0.15) is 5.15 Å². The minimum absolute atomic E-state index is 0.561. The zero-order chi connectivity index (χ0) is 9.59. The predicted molar refractivity (Wildman–Crippen MR) is 52.9 cm³/mol. The van der Waals surface area contributed by atoms with Crippen LogP contribution in [-0.4, -0.2) is 16.3 Å². The van der Waals surface area contributed by atoms with Crippen LogP contribution in [0.15, 0.2) is 0 Å². The van der Waals surface area contributed by atoms with Crippen molar-refractivity contribution >= 4 is 11.6 Å². The summed E-state index contributed by atoms with van der Waals surface area (Å²) in [7, 11) is 1.87. The highest BCUT2D eigenvalue weighted by molar-refractivity contribution is 6.30. The highest BCUT2D eigenvalue weighted by Crippen LogP contribution is 2.49. The first-order valence-electron chi connectivity index (χ1n) is 4.54. The lowest BCUT2D eigenvalue weighted by Gasteiger charge is -1.97. The Morgan fingerprint density at radius 2 is 2.38 bits per heavy atom. The number of aryl methyl sites for hydroxylation is 2. The molecule has 3 nitrogen and oxygen atoms in total. The van der Waals surface area contributed by atoms with Crippen molar-refractivity contribution in [3.63, 3.8) is 0 Å². The highest BCUT2D eigenvalue weighted by atomic mass is 35.5. The number of nitrogens with two attached hydrogens (primary N) is 1. The van der Waals surface area contributed by atoms with Gasteiger partial charge in [-0.05, 0) is 31.7 Å². The fourth-order valence-corrected chi connectivity index (χ4v) is 2.24. The second-order valence-electron chi connectivity index (χ2n) is 3.75. The summed E-state index contributed by atoms with van der Waals surface area (Å²) in [6.07, 6.45) is 1.17. The fourth-order valence-electron chi connectivity index (χ4n) is 1.93. The molecule has 0 radical (unpaired) electrons. The van der Waals surface area contributed by atoms with Crippen LogP contribution in [0.3, 0.4) is 0 Å². The maximum absolute atomic E-state index is 6.13. The van der Waals surface area contributed by atoms with Crippen LogP contribution in [0.5, 0.6) is 0 Å². The maximum atomic E-state index is 6.13. The van der Waals surface area contributed by atoms with Gasteiger partial charge in [-0.3, -0.25) is 4.68 Å². The first kappa shape index (κ1) is 9.03. The Hall–Kier alpha value is -0.540. The van der Waals surface area contributed by atoms with Crippen LogP contribution in [-0.2, 0) is 7.05 Å². The van der Waals surface area contributed by atoms with Crippen molar-refractivity contribution < 1.29 is 0 Å². The molecule has 13 heavy (non-hydrogen) atoms. The van der Waals surface area contributed by atoms with E-state index in [4.69, 9.17) is 17.3 Å². The molecule has 2 rings (SSSR count). The van der Waals surface area contributed by atoms with E-state index in [0.717, 1.165) is 17.4 Å². The first-order chi connectivity index (χ1) is 6.15. The second-order valence-corrected chi connectivity index (χ2v) is 4.11. The Kier molecular flexibility index (Phi) is 2.08. The Bertz CT molecular complexity index is 332. The summed E-state index contributed by atoms with van der Waals surface area (Å²) in [4.78, 5) is 0. The molecule has 1 aromatic heterocycles. The van der Waals surface area contributed by atoms with E-state index in [-0.39, 0.29) is 0 Å². The molecular formula is C9H14ClN3. The lowest BCUT2D eigenvalue weighted by molar-refractivity contribution is 0.757. The van der Waals surface area contributed by atoms with Crippen LogP contribution >= 0.6 is 11.6 Å². The average molecular weight is 200 g/mol. The molecule has 2 N–H and O–H groups in total. The van der Waals surface area contributed by atoms with Crippen molar-refractivity contribution in [2.24, 2.45) is 18.7 Å². The SMILES string of the molecule is Cc1nn(C)c(Cl)c1[C@@H]1C[C@H]1CN. The summed E-state index contributed by atoms with van der Waals surface area (Å²) in [5.74, 6) is 1.19. The molecule has 0 amide bonds. The van der Waals surface area contributed by atoms with Gasteiger partial charge in [0.15, 0.2) is 0 Å². The van der Waals surface area contributed by atoms with E-state index in [1.54, 1.807) is 4.68 Å². The smallest absolute Gasteiger partial charge is 0.130 e. The Balaban J connectivity index is 2.30. The van der Waals surface area contributed by atoms with Gasteiger partial charge in [0.2, 0.25) is 0 Å². The molecule has 0 bridgehead atoms. The lowest BCUT2D eigenvalue weighted by atomic mass is 10.1. The van der Waals surface area contributed by atoms with Crippen molar-refractivity contribution in [2.45, 2.75) is 19.3 Å². The average Bonchev–Trinajstić information content (AvgIpc) is 2.79. The van der Waals surface area contributed by atoms with Gasteiger partial charge in [-0.2, -0.15) is 5.10 Å². The predicted octanol–water partition coefficient (Wildman–Crippen LogP) is 1.44. The van der Waals surface area contributed by atoms with E-state index in [9.17, 15) is 0 Å². The summed E-state index contributed by atoms with van der Waals surface area (Å²) in [5, 5.41) is 5.06. The topological polar surface area (TPSA) is 43.8 Å². The first-order valence-corrected chi connectivity index (χ1v) is 4.92. The van der Waals surface area contributed by atoms with Crippen molar-refractivity contribution in [3.8, 4) is 0 Å². The molecule has 1 fully saturated rings. The summed E-state index contributed by atoms with van der Waals surface area (Å²) in [5.41, 5.74) is 7.86. The van der Waals surface area contributed by atoms with Gasteiger partial charge in [-0.1, -0.05) is 11.6 Å². The van der Waals surface area contributed by atoms with Gasteiger partial charge >= 0.3 is 0 Å². The van der Waals surface area contributed by atoms with E-state index in [2.05, 4.69) is 5.10 Å². The maximum Gasteiger partial charge on any atom is 0.130 e. The molecule has 0 aliphatic heterocycles. The van der Waals surface area contributed by atoms with E-state index >= 15 is 0 Å². The second kappa shape index (κ2) is 3.00. The largest absolute Gasteiger partial charge is 0.330 e. The van der Waals surface area contributed by atoms with E-state index in [1.807, 2.05) is 14.0 Å². The van der Waals surface area contributed by atoms with E-state index in [1.165, 1.54) is 12.0 Å². The van der Waals surface area contributed by atoms with Crippen LogP contribution in [0.2, 0.25) is 5.15 Å². The molecule has 1 heterocycles. The Morgan fingerprint density at radius 3 is 2.77 bits per heavy atom. The molecule has 0 unspecified atom stereocenters. The van der Waals surface area contributed by atoms with Crippen molar-refractivity contribution in [1.82, 2.24) is 9.78 Å². The zero-order valence-corrected chi connectivity index (χ0v) is 8.67. The molecule has 2 atom stereocenters. The molecule has 0 aromatic carbocycles. The van der Waals surface area contributed by atoms with Crippen molar-refractivity contribution in [3.05, 3.63) is 16.4 Å². The van der Waals surface area contributed by atoms with Crippen LogP contribution in [0.1, 0.15) is 23.6 Å². The van der Waals surface area contributed by atoms with Gasteiger partial charge in [0, 0.05) is 12.6 Å². The minimum Gasteiger partial charge on any atom is -0.330 e. The standard InChI is InChI=1S/C9H14ClN3/c1-5-8(7-3-6(7)4-11)9(10)13(2)12-5/h6-7H,3-4,11H2,1-2H3/t6-,7+/m0/s1. The molecule has 1 aliphatic carbocycles. The highest BCUT2D eigenvalue weighted by Gasteiger charge is 2.40. The van der Waals surface area contributed by atoms with Gasteiger partial charge < -0.3 is 5.73 Å². The Labute approximate surface area is 82.9 Å². The normalized spacial score (nSPS) is 26.5. The summed E-state index contributed by atoms with van der Waals surface area (Å²) >= 11 is 6.13.